The largest absolute Gasteiger partial charge is 0.436 e. The van der Waals surface area contributed by atoms with Gasteiger partial charge in [-0.2, -0.15) is 0 Å². The summed E-state index contributed by atoms with van der Waals surface area (Å²) in [5, 5.41) is 0. The fraction of sp³-hybridized carbons (Fsp3) is 0.857. The molecule has 0 aromatic rings. The van der Waals surface area contributed by atoms with Crippen molar-refractivity contribution in [2.24, 2.45) is 0 Å². The molecule has 11 heavy (non-hydrogen) atoms. The highest BCUT2D eigenvalue weighted by atomic mass is 16.6. The summed E-state index contributed by atoms with van der Waals surface area (Å²) in [5.41, 5.74) is -0.285. The second-order valence-electron chi connectivity index (χ2n) is 3.06. The molecule has 0 atom stereocenters. The van der Waals surface area contributed by atoms with Crippen molar-refractivity contribution in [3.8, 4) is 0 Å². The molecule has 0 radical (unpaired) electrons. The molecule has 0 aliphatic carbocycles. The summed E-state index contributed by atoms with van der Waals surface area (Å²) in [6.45, 7) is 4.49. The number of hydrogen-bond donors (Lipinski definition) is 0. The fourth-order valence-electron chi connectivity index (χ4n) is 1.42. The first-order valence-electron chi connectivity index (χ1n) is 3.81. The highest BCUT2D eigenvalue weighted by molar-refractivity contribution is 5.70. The second-order valence-corrected chi connectivity index (χ2v) is 3.06. The summed E-state index contributed by atoms with van der Waals surface area (Å²) in [6.07, 6.45) is -0.198. The topological polar surface area (TPSA) is 38.8 Å². The number of carbonyl (C=O) groups excluding carboxylic acids is 1. The van der Waals surface area contributed by atoms with E-state index in [4.69, 9.17) is 9.47 Å². The van der Waals surface area contributed by atoms with Gasteiger partial charge in [-0.05, 0) is 6.92 Å². The van der Waals surface area contributed by atoms with Gasteiger partial charge in [-0.1, -0.05) is 0 Å². The van der Waals surface area contributed by atoms with Crippen LogP contribution in [0.4, 0.5) is 4.79 Å². The highest BCUT2D eigenvalue weighted by Crippen LogP contribution is 2.29. The van der Waals surface area contributed by atoms with Gasteiger partial charge in [-0.3, -0.25) is 0 Å². The normalized spacial score (nSPS) is 27.0. The zero-order chi connectivity index (χ0) is 7.90. The SMILES string of the molecule is CCN1CC2(COC2)OC1=O. The number of likely N-dealkylation sites (N-methyl/N-ethyl adjacent to an activating group) is 1. The van der Waals surface area contributed by atoms with Gasteiger partial charge >= 0.3 is 6.09 Å². The number of hydrogen-bond acceptors (Lipinski definition) is 3. The van der Waals surface area contributed by atoms with Crippen molar-refractivity contribution >= 4 is 6.09 Å². The van der Waals surface area contributed by atoms with Gasteiger partial charge in [-0.25, -0.2) is 4.79 Å². The van der Waals surface area contributed by atoms with Crippen LogP contribution in [0, 0.1) is 0 Å². The first kappa shape index (κ1) is 6.91. The lowest BCUT2D eigenvalue weighted by atomic mass is 10.0. The minimum atomic E-state index is -0.285. The molecule has 0 saturated carbocycles. The number of rotatable bonds is 1. The van der Waals surface area contributed by atoms with E-state index in [1.54, 1.807) is 4.90 Å². The van der Waals surface area contributed by atoms with E-state index in [1.807, 2.05) is 6.92 Å². The molecule has 0 unspecified atom stereocenters. The van der Waals surface area contributed by atoms with Crippen LogP contribution in [-0.4, -0.2) is 42.9 Å². The summed E-state index contributed by atoms with van der Waals surface area (Å²) >= 11 is 0. The molecule has 1 spiro atoms. The molecule has 2 heterocycles. The number of nitrogens with zero attached hydrogens (tertiary/aromatic N) is 1. The van der Waals surface area contributed by atoms with Crippen molar-refractivity contribution in [2.75, 3.05) is 26.3 Å². The Hall–Kier alpha value is -0.770. The van der Waals surface area contributed by atoms with Crippen molar-refractivity contribution in [3.63, 3.8) is 0 Å². The van der Waals surface area contributed by atoms with Crippen LogP contribution in [0.2, 0.25) is 0 Å². The molecule has 62 valence electrons. The predicted molar refractivity (Wildman–Crippen MR) is 37.3 cm³/mol. The van der Waals surface area contributed by atoms with E-state index in [2.05, 4.69) is 0 Å². The molecular formula is C7H11NO3. The van der Waals surface area contributed by atoms with E-state index in [-0.39, 0.29) is 11.7 Å². The lowest BCUT2D eigenvalue weighted by Gasteiger charge is -2.34. The van der Waals surface area contributed by atoms with Crippen molar-refractivity contribution in [2.45, 2.75) is 12.5 Å². The van der Waals surface area contributed by atoms with E-state index < -0.39 is 0 Å². The Labute approximate surface area is 65.1 Å². The maximum absolute atomic E-state index is 11.1. The van der Waals surface area contributed by atoms with Crippen molar-refractivity contribution in [3.05, 3.63) is 0 Å². The Kier molecular flexibility index (Phi) is 1.32. The van der Waals surface area contributed by atoms with Crippen LogP contribution < -0.4 is 0 Å². The Morgan fingerprint density at radius 1 is 1.64 bits per heavy atom. The fourth-order valence-corrected chi connectivity index (χ4v) is 1.42. The van der Waals surface area contributed by atoms with E-state index >= 15 is 0 Å². The smallest absolute Gasteiger partial charge is 0.410 e. The van der Waals surface area contributed by atoms with E-state index in [0.717, 1.165) is 6.54 Å². The third-order valence-electron chi connectivity index (χ3n) is 2.15. The van der Waals surface area contributed by atoms with Crippen LogP contribution in [0.3, 0.4) is 0 Å². The first-order chi connectivity index (χ1) is 5.26. The molecular weight excluding hydrogens is 146 g/mol. The molecule has 2 aliphatic rings. The molecule has 0 bridgehead atoms. The Bertz CT molecular complexity index is 188. The van der Waals surface area contributed by atoms with Crippen molar-refractivity contribution < 1.29 is 14.3 Å². The molecule has 4 heteroatoms. The average molecular weight is 157 g/mol. The van der Waals surface area contributed by atoms with Crippen LogP contribution in [0.15, 0.2) is 0 Å². The van der Waals surface area contributed by atoms with Crippen molar-refractivity contribution in [1.82, 2.24) is 4.90 Å². The van der Waals surface area contributed by atoms with Gasteiger partial charge in [0.25, 0.3) is 0 Å². The van der Waals surface area contributed by atoms with Crippen LogP contribution in [0.5, 0.6) is 0 Å². The number of amides is 1. The quantitative estimate of drug-likeness (QED) is 0.546. The van der Waals surface area contributed by atoms with Crippen LogP contribution in [0.25, 0.3) is 0 Å². The van der Waals surface area contributed by atoms with Gasteiger partial charge in [-0.15, -0.1) is 0 Å². The lowest BCUT2D eigenvalue weighted by Crippen LogP contribution is -2.52. The highest BCUT2D eigenvalue weighted by Gasteiger charge is 2.50. The van der Waals surface area contributed by atoms with E-state index in [0.29, 0.717) is 19.8 Å². The summed E-state index contributed by atoms with van der Waals surface area (Å²) in [7, 11) is 0. The van der Waals surface area contributed by atoms with Gasteiger partial charge in [0.1, 0.15) is 0 Å². The van der Waals surface area contributed by atoms with Gasteiger partial charge < -0.3 is 14.4 Å². The minimum absolute atomic E-state index is 0.198. The lowest BCUT2D eigenvalue weighted by molar-refractivity contribution is -0.156. The van der Waals surface area contributed by atoms with Gasteiger partial charge in [0, 0.05) is 6.54 Å². The van der Waals surface area contributed by atoms with Crippen LogP contribution >= 0.6 is 0 Å². The zero-order valence-corrected chi connectivity index (χ0v) is 6.50. The average Bonchev–Trinajstić information content (AvgIpc) is 2.26. The summed E-state index contributed by atoms with van der Waals surface area (Å²) in [5.74, 6) is 0. The van der Waals surface area contributed by atoms with Crippen LogP contribution in [-0.2, 0) is 9.47 Å². The summed E-state index contributed by atoms with van der Waals surface area (Å²) < 4.78 is 10.1. The van der Waals surface area contributed by atoms with Crippen LogP contribution in [0.1, 0.15) is 6.92 Å². The van der Waals surface area contributed by atoms with E-state index in [1.165, 1.54) is 0 Å². The Morgan fingerprint density at radius 3 is 2.64 bits per heavy atom. The monoisotopic (exact) mass is 157 g/mol. The molecule has 0 aromatic heterocycles. The van der Waals surface area contributed by atoms with Gasteiger partial charge in [0.2, 0.25) is 0 Å². The standard InChI is InChI=1S/C7H11NO3/c1-2-8-3-7(4-10-5-7)11-6(8)9/h2-5H2,1H3. The molecule has 2 aliphatic heterocycles. The van der Waals surface area contributed by atoms with E-state index in [9.17, 15) is 4.79 Å². The summed E-state index contributed by atoms with van der Waals surface area (Å²) in [6, 6.07) is 0. The van der Waals surface area contributed by atoms with Crippen molar-refractivity contribution in [1.29, 1.82) is 0 Å². The first-order valence-corrected chi connectivity index (χ1v) is 3.81. The molecule has 4 nitrogen and oxygen atoms in total. The third-order valence-corrected chi connectivity index (χ3v) is 2.15. The minimum Gasteiger partial charge on any atom is -0.436 e. The number of ether oxygens (including phenoxy) is 2. The predicted octanol–water partition coefficient (Wildman–Crippen LogP) is 0.228. The molecule has 1 amide bonds. The third kappa shape index (κ3) is 0.894. The molecule has 0 N–H and O–H groups in total. The second kappa shape index (κ2) is 2.11. The maximum atomic E-state index is 11.1. The molecule has 2 saturated heterocycles. The maximum Gasteiger partial charge on any atom is 0.410 e. The number of carbonyl (C=O) groups is 1. The Morgan fingerprint density at radius 2 is 2.36 bits per heavy atom. The Balaban J connectivity index is 2.05. The van der Waals surface area contributed by atoms with Gasteiger partial charge in [0.15, 0.2) is 5.60 Å². The molecule has 2 fully saturated rings. The zero-order valence-electron chi connectivity index (χ0n) is 6.50. The molecule has 0 aromatic carbocycles. The molecule has 2 rings (SSSR count). The van der Waals surface area contributed by atoms with Gasteiger partial charge in [0.05, 0.1) is 19.8 Å². The summed E-state index contributed by atoms with van der Waals surface area (Å²) in [4.78, 5) is 12.8.